The van der Waals surface area contributed by atoms with Crippen molar-refractivity contribution in [3.63, 3.8) is 0 Å². The Bertz CT molecular complexity index is 1120. The Labute approximate surface area is 154 Å². The second-order valence-electron chi connectivity index (χ2n) is 5.59. The molecule has 0 spiro atoms. The zero-order valence-electron chi connectivity index (χ0n) is 14.5. The van der Waals surface area contributed by atoms with Crippen LogP contribution in [-0.4, -0.2) is 27.5 Å². The molecule has 0 aliphatic rings. The number of anilines is 1. The fraction of sp³-hybridized carbons (Fsp3) is 0.105. The predicted octanol–water partition coefficient (Wildman–Crippen LogP) is 1.96. The maximum atomic E-state index is 12.3. The summed E-state index contributed by atoms with van der Waals surface area (Å²) in [5.41, 5.74) is 5.31. The molecule has 0 bridgehead atoms. The largest absolute Gasteiger partial charge is 0.493 e. The number of aliphatic imine (C=N–C) groups is 1. The van der Waals surface area contributed by atoms with E-state index in [2.05, 4.69) is 9.98 Å². The molecule has 3 rings (SSSR count). The van der Waals surface area contributed by atoms with Gasteiger partial charge in [0.15, 0.2) is 0 Å². The average Bonchev–Trinajstić information content (AvgIpc) is 2.63. The molecule has 0 saturated heterocycles. The number of rotatable bonds is 5. The van der Waals surface area contributed by atoms with Crippen molar-refractivity contribution in [3.8, 4) is 17.3 Å². The number of ether oxygens (including phenoxy) is 1. The highest BCUT2D eigenvalue weighted by Gasteiger charge is 2.17. The summed E-state index contributed by atoms with van der Waals surface area (Å²) in [6.07, 6.45) is 1.18. The minimum absolute atomic E-state index is 0.164. The van der Waals surface area contributed by atoms with Gasteiger partial charge in [-0.2, -0.15) is 0 Å². The molecule has 3 aromatic rings. The molecule has 27 heavy (non-hydrogen) atoms. The van der Waals surface area contributed by atoms with Crippen LogP contribution in [0.15, 0.2) is 63.1 Å². The number of aromatic nitrogens is 2. The lowest BCUT2D eigenvalue weighted by molar-refractivity contribution is 0.336. The molecule has 1 aromatic heterocycles. The van der Waals surface area contributed by atoms with Gasteiger partial charge in [-0.3, -0.25) is 14.8 Å². The maximum absolute atomic E-state index is 12.3. The normalized spacial score (nSPS) is 11.0. The molecule has 0 radical (unpaired) electrons. The fourth-order valence-electron chi connectivity index (χ4n) is 2.54. The molecule has 8 nitrogen and oxygen atoms in total. The molecule has 2 aromatic carbocycles. The molecule has 1 heterocycles. The van der Waals surface area contributed by atoms with Crippen LogP contribution in [0.2, 0.25) is 0 Å². The highest BCUT2D eigenvalue weighted by atomic mass is 16.5. The van der Waals surface area contributed by atoms with Gasteiger partial charge in [0.1, 0.15) is 11.3 Å². The van der Waals surface area contributed by atoms with E-state index in [1.54, 1.807) is 55.5 Å². The lowest BCUT2D eigenvalue weighted by Crippen LogP contribution is -2.31. The minimum atomic E-state index is -0.786. The Morgan fingerprint density at radius 1 is 1.22 bits per heavy atom. The van der Waals surface area contributed by atoms with E-state index < -0.39 is 17.1 Å². The zero-order chi connectivity index (χ0) is 19.4. The van der Waals surface area contributed by atoms with Crippen molar-refractivity contribution in [2.24, 2.45) is 4.99 Å². The molecule has 138 valence electrons. The van der Waals surface area contributed by atoms with Crippen LogP contribution in [0.3, 0.4) is 0 Å². The lowest BCUT2D eigenvalue weighted by atomic mass is 10.2. The average molecular weight is 366 g/mol. The maximum Gasteiger partial charge on any atom is 0.335 e. The first-order valence-electron chi connectivity index (χ1n) is 8.21. The number of aromatic amines is 1. The Hall–Kier alpha value is -3.81. The van der Waals surface area contributed by atoms with Gasteiger partial charge in [-0.15, -0.1) is 0 Å². The van der Waals surface area contributed by atoms with Crippen LogP contribution in [-0.2, 0) is 0 Å². The SMILES string of the molecule is CCOc1ccccc1-n1c(O)c(C=Nc2cccc(N)c2)c(=O)[nH]c1=O. The number of benzene rings is 2. The van der Waals surface area contributed by atoms with Crippen molar-refractivity contribution in [1.82, 2.24) is 9.55 Å². The van der Waals surface area contributed by atoms with Gasteiger partial charge in [-0.25, -0.2) is 9.36 Å². The van der Waals surface area contributed by atoms with E-state index in [1.165, 1.54) is 6.21 Å². The van der Waals surface area contributed by atoms with E-state index >= 15 is 0 Å². The number of nitrogens with one attached hydrogen (secondary N) is 1. The number of nitrogen functional groups attached to an aromatic ring is 1. The first kappa shape index (κ1) is 18.0. The highest BCUT2D eigenvalue weighted by Crippen LogP contribution is 2.25. The number of nitrogens with zero attached hydrogens (tertiary/aromatic N) is 2. The number of aromatic hydroxyl groups is 1. The summed E-state index contributed by atoms with van der Waals surface area (Å²) in [6.45, 7) is 2.18. The van der Waals surface area contributed by atoms with E-state index in [4.69, 9.17) is 10.5 Å². The second-order valence-corrected chi connectivity index (χ2v) is 5.59. The summed E-state index contributed by atoms with van der Waals surface area (Å²) >= 11 is 0. The van der Waals surface area contributed by atoms with Crippen LogP contribution in [0.25, 0.3) is 5.69 Å². The monoisotopic (exact) mass is 366 g/mol. The number of para-hydroxylation sites is 2. The first-order valence-corrected chi connectivity index (χ1v) is 8.21. The Morgan fingerprint density at radius 2 is 2.00 bits per heavy atom. The minimum Gasteiger partial charge on any atom is -0.493 e. The van der Waals surface area contributed by atoms with E-state index in [0.29, 0.717) is 29.4 Å². The van der Waals surface area contributed by atoms with E-state index in [9.17, 15) is 14.7 Å². The molecule has 8 heteroatoms. The molecule has 0 atom stereocenters. The molecule has 4 N–H and O–H groups in total. The second kappa shape index (κ2) is 7.61. The summed E-state index contributed by atoms with van der Waals surface area (Å²) in [5, 5.41) is 10.6. The van der Waals surface area contributed by atoms with Gasteiger partial charge in [0.25, 0.3) is 5.56 Å². The van der Waals surface area contributed by atoms with Crippen LogP contribution >= 0.6 is 0 Å². The van der Waals surface area contributed by atoms with E-state index in [1.807, 2.05) is 0 Å². The van der Waals surface area contributed by atoms with Crippen molar-refractivity contribution >= 4 is 17.6 Å². The van der Waals surface area contributed by atoms with E-state index in [-0.39, 0.29) is 5.56 Å². The van der Waals surface area contributed by atoms with Crippen molar-refractivity contribution in [3.05, 3.63) is 74.9 Å². The predicted molar refractivity (Wildman–Crippen MR) is 104 cm³/mol. The van der Waals surface area contributed by atoms with Gasteiger partial charge in [-0.05, 0) is 37.3 Å². The number of nitrogens with two attached hydrogens (primary N) is 1. The Kier molecular flexibility index (Phi) is 5.07. The summed E-state index contributed by atoms with van der Waals surface area (Å²) in [5.74, 6) is -0.147. The van der Waals surface area contributed by atoms with Crippen LogP contribution < -0.4 is 21.7 Å². The number of hydrogen-bond acceptors (Lipinski definition) is 6. The summed E-state index contributed by atoms with van der Waals surface area (Å²) in [6, 6.07) is 13.4. The highest BCUT2D eigenvalue weighted by molar-refractivity contribution is 5.84. The first-order chi connectivity index (χ1) is 13.0. The molecule has 0 aliphatic heterocycles. The number of hydrogen-bond donors (Lipinski definition) is 3. The van der Waals surface area contributed by atoms with Crippen LogP contribution in [0.5, 0.6) is 11.6 Å². The summed E-state index contributed by atoms with van der Waals surface area (Å²) in [4.78, 5) is 30.8. The lowest BCUT2D eigenvalue weighted by Gasteiger charge is -2.13. The smallest absolute Gasteiger partial charge is 0.335 e. The van der Waals surface area contributed by atoms with E-state index in [0.717, 1.165) is 4.57 Å². The van der Waals surface area contributed by atoms with Crippen LogP contribution in [0, 0.1) is 0 Å². The van der Waals surface area contributed by atoms with Gasteiger partial charge in [0.2, 0.25) is 5.88 Å². The van der Waals surface area contributed by atoms with Gasteiger partial charge >= 0.3 is 5.69 Å². The Balaban J connectivity index is 2.15. The third-order valence-electron chi connectivity index (χ3n) is 3.74. The molecular formula is C19H18N4O4. The van der Waals surface area contributed by atoms with Crippen molar-refractivity contribution in [2.75, 3.05) is 12.3 Å². The van der Waals surface area contributed by atoms with Crippen LogP contribution in [0.4, 0.5) is 11.4 Å². The molecule has 0 aliphatic carbocycles. The molecule has 0 unspecified atom stereocenters. The summed E-state index contributed by atoms with van der Waals surface area (Å²) < 4.78 is 6.47. The van der Waals surface area contributed by atoms with Gasteiger partial charge in [0.05, 0.1) is 18.0 Å². The van der Waals surface area contributed by atoms with Gasteiger partial charge < -0.3 is 15.6 Å². The molecular weight excluding hydrogens is 348 g/mol. The third kappa shape index (κ3) is 3.74. The molecule has 0 saturated carbocycles. The Morgan fingerprint density at radius 3 is 2.74 bits per heavy atom. The third-order valence-corrected chi connectivity index (χ3v) is 3.74. The standard InChI is InChI=1S/C19H18N4O4/c1-2-27-16-9-4-3-8-15(16)23-18(25)14(17(24)22-19(23)26)11-21-13-7-5-6-12(20)10-13/h3-11,25H,2,20H2,1H3,(H,22,24,26). The van der Waals surface area contributed by atoms with Gasteiger partial charge in [-0.1, -0.05) is 18.2 Å². The van der Waals surface area contributed by atoms with Crippen molar-refractivity contribution in [2.45, 2.75) is 6.92 Å². The van der Waals surface area contributed by atoms with Crippen molar-refractivity contribution in [1.29, 1.82) is 0 Å². The molecule has 0 amide bonds. The zero-order valence-corrected chi connectivity index (χ0v) is 14.5. The fourth-order valence-corrected chi connectivity index (χ4v) is 2.54. The van der Waals surface area contributed by atoms with Crippen molar-refractivity contribution < 1.29 is 9.84 Å². The number of H-pyrrole nitrogens is 1. The summed E-state index contributed by atoms with van der Waals surface area (Å²) in [7, 11) is 0. The quantitative estimate of drug-likeness (QED) is 0.470. The van der Waals surface area contributed by atoms with Gasteiger partial charge in [0, 0.05) is 11.9 Å². The topological polar surface area (TPSA) is 123 Å². The van der Waals surface area contributed by atoms with Crippen LogP contribution in [0.1, 0.15) is 12.5 Å². The molecule has 0 fully saturated rings.